The average Bonchev–Trinajstić information content (AvgIpc) is 3.00. The molecule has 0 atom stereocenters. The number of ether oxygens (including phenoxy) is 1. The third kappa shape index (κ3) is 2.13. The van der Waals surface area contributed by atoms with Gasteiger partial charge in [0.2, 0.25) is 11.8 Å². The number of nitrogens with one attached hydrogen (secondary N) is 1. The van der Waals surface area contributed by atoms with E-state index in [0.717, 1.165) is 24.9 Å². The van der Waals surface area contributed by atoms with Crippen LogP contribution in [0.1, 0.15) is 24.6 Å². The Labute approximate surface area is 117 Å². The maximum Gasteiger partial charge on any atom is 0.216 e. The first kappa shape index (κ1) is 13.0. The molecule has 3 heterocycles. The third-order valence-electron chi connectivity index (χ3n) is 3.85. The maximum absolute atomic E-state index is 11.0. The van der Waals surface area contributed by atoms with Crippen molar-refractivity contribution >= 4 is 16.9 Å². The molecule has 2 aromatic heterocycles. The molecule has 2 aromatic rings. The van der Waals surface area contributed by atoms with E-state index in [1.807, 2.05) is 6.07 Å². The summed E-state index contributed by atoms with van der Waals surface area (Å²) in [6.07, 6.45) is 3.09. The molecule has 3 rings (SSSR count). The lowest BCUT2D eigenvalue weighted by Gasteiger charge is -2.04. The van der Waals surface area contributed by atoms with E-state index in [0.29, 0.717) is 12.4 Å². The van der Waals surface area contributed by atoms with Crippen LogP contribution in [0.5, 0.6) is 5.88 Å². The van der Waals surface area contributed by atoms with Crippen LogP contribution >= 0.6 is 0 Å². The largest absolute Gasteiger partial charge is 0.481 e. The van der Waals surface area contributed by atoms with Crippen molar-refractivity contribution in [1.82, 2.24) is 14.9 Å². The summed E-state index contributed by atoms with van der Waals surface area (Å²) in [5.41, 5.74) is 4.82. The second-order valence-electron chi connectivity index (χ2n) is 5.13. The van der Waals surface area contributed by atoms with E-state index >= 15 is 0 Å². The van der Waals surface area contributed by atoms with Crippen LogP contribution in [0, 0.1) is 0 Å². The fraction of sp³-hybridized carbons (Fsp3) is 0.467. The van der Waals surface area contributed by atoms with Gasteiger partial charge in [-0.2, -0.15) is 0 Å². The van der Waals surface area contributed by atoms with Crippen LogP contribution < -0.4 is 10.1 Å². The highest BCUT2D eigenvalue weighted by molar-refractivity contribution is 5.82. The minimum atomic E-state index is 0.00991. The van der Waals surface area contributed by atoms with Gasteiger partial charge < -0.3 is 14.6 Å². The van der Waals surface area contributed by atoms with Gasteiger partial charge in [0.05, 0.1) is 18.1 Å². The van der Waals surface area contributed by atoms with Crippen molar-refractivity contribution < 1.29 is 9.53 Å². The zero-order valence-corrected chi connectivity index (χ0v) is 11.9. The highest BCUT2D eigenvalue weighted by Gasteiger charge is 2.22. The predicted octanol–water partition coefficient (Wildman–Crippen LogP) is 1.67. The molecule has 1 N–H and O–H groups in total. The molecule has 106 valence electrons. The summed E-state index contributed by atoms with van der Waals surface area (Å²) in [7, 11) is 1.63. The topological polar surface area (TPSA) is 56.1 Å². The number of methoxy groups -OCH3 is 1. The Balaban J connectivity index is 2.01. The van der Waals surface area contributed by atoms with E-state index in [1.165, 1.54) is 23.2 Å². The lowest BCUT2D eigenvalue weighted by atomic mass is 10.1. The number of aryl methyl sites for hydroxylation is 1. The van der Waals surface area contributed by atoms with Gasteiger partial charge in [0.15, 0.2) is 0 Å². The molecule has 0 unspecified atom stereocenters. The average molecular weight is 273 g/mol. The van der Waals surface area contributed by atoms with Crippen LogP contribution in [-0.2, 0) is 24.2 Å². The van der Waals surface area contributed by atoms with Gasteiger partial charge in [0.25, 0.3) is 0 Å². The quantitative estimate of drug-likeness (QED) is 0.922. The van der Waals surface area contributed by atoms with Crippen molar-refractivity contribution in [3.63, 3.8) is 0 Å². The number of fused-ring (bicyclic) bond motifs is 3. The lowest BCUT2D eigenvalue weighted by molar-refractivity contribution is -0.118. The molecule has 0 bridgehead atoms. The fourth-order valence-corrected chi connectivity index (χ4v) is 3.00. The summed E-state index contributed by atoms with van der Waals surface area (Å²) in [4.78, 5) is 15.6. The molecule has 1 aliphatic rings. The molecule has 0 spiro atoms. The number of carbonyl (C=O) groups excluding carboxylic acids is 1. The van der Waals surface area contributed by atoms with E-state index < -0.39 is 0 Å². The highest BCUT2D eigenvalue weighted by Crippen LogP contribution is 2.31. The molecular weight excluding hydrogens is 254 g/mol. The molecule has 0 saturated heterocycles. The Morgan fingerprint density at radius 2 is 2.35 bits per heavy atom. The summed E-state index contributed by atoms with van der Waals surface area (Å²) < 4.78 is 7.58. The zero-order valence-electron chi connectivity index (χ0n) is 11.9. The molecular formula is C15H19N3O2. The summed E-state index contributed by atoms with van der Waals surface area (Å²) in [5.74, 6) is 0.651. The first-order chi connectivity index (χ1) is 9.70. The molecule has 1 aliphatic heterocycles. The first-order valence-corrected chi connectivity index (χ1v) is 7.00. The Morgan fingerprint density at radius 3 is 3.10 bits per heavy atom. The summed E-state index contributed by atoms with van der Waals surface area (Å²) in [6.45, 7) is 3.25. The van der Waals surface area contributed by atoms with Gasteiger partial charge >= 0.3 is 0 Å². The Hall–Kier alpha value is -2.04. The standard InChI is InChI=1S/C15H19N3O2/c1-10(19)16-8-7-11-12-4-3-9-18(12)13-5-6-14(20-2)17-15(11)13/h5-6H,3-4,7-9H2,1-2H3,(H,16,19). The van der Waals surface area contributed by atoms with Crippen LogP contribution in [0.25, 0.3) is 11.0 Å². The van der Waals surface area contributed by atoms with Crippen LogP contribution in [0.15, 0.2) is 12.1 Å². The van der Waals surface area contributed by atoms with Crippen molar-refractivity contribution in [2.45, 2.75) is 32.7 Å². The number of hydrogen-bond acceptors (Lipinski definition) is 3. The zero-order chi connectivity index (χ0) is 14.1. The van der Waals surface area contributed by atoms with Crippen molar-refractivity contribution in [2.24, 2.45) is 0 Å². The van der Waals surface area contributed by atoms with Crippen molar-refractivity contribution in [1.29, 1.82) is 0 Å². The summed E-state index contributed by atoms with van der Waals surface area (Å²) >= 11 is 0. The summed E-state index contributed by atoms with van der Waals surface area (Å²) in [5, 5.41) is 2.86. The number of hydrogen-bond donors (Lipinski definition) is 1. The fourth-order valence-electron chi connectivity index (χ4n) is 3.00. The molecule has 20 heavy (non-hydrogen) atoms. The van der Waals surface area contributed by atoms with Crippen LogP contribution in [-0.4, -0.2) is 29.1 Å². The van der Waals surface area contributed by atoms with Crippen molar-refractivity contribution in [2.75, 3.05) is 13.7 Å². The van der Waals surface area contributed by atoms with E-state index in [4.69, 9.17) is 4.74 Å². The SMILES string of the molecule is COc1ccc2c(n1)c(CCNC(C)=O)c1n2CCC1. The number of carbonyl (C=O) groups is 1. The number of amides is 1. The normalized spacial score (nSPS) is 13.5. The highest BCUT2D eigenvalue weighted by atomic mass is 16.5. The predicted molar refractivity (Wildman–Crippen MR) is 77.0 cm³/mol. The molecule has 0 saturated carbocycles. The van der Waals surface area contributed by atoms with Crippen LogP contribution in [0.2, 0.25) is 0 Å². The minimum absolute atomic E-state index is 0.00991. The van der Waals surface area contributed by atoms with E-state index in [1.54, 1.807) is 14.0 Å². The van der Waals surface area contributed by atoms with E-state index in [9.17, 15) is 4.79 Å². The van der Waals surface area contributed by atoms with Gasteiger partial charge in [-0.05, 0) is 25.3 Å². The van der Waals surface area contributed by atoms with Crippen LogP contribution in [0.4, 0.5) is 0 Å². The van der Waals surface area contributed by atoms with Crippen molar-refractivity contribution in [3.8, 4) is 5.88 Å². The Kier molecular flexibility index (Phi) is 3.34. The van der Waals surface area contributed by atoms with Crippen molar-refractivity contribution in [3.05, 3.63) is 23.4 Å². The Bertz CT molecular complexity index is 661. The molecule has 0 radical (unpaired) electrons. The number of pyridine rings is 1. The molecule has 0 aromatic carbocycles. The molecule has 1 amide bonds. The number of rotatable bonds is 4. The Morgan fingerprint density at radius 1 is 1.50 bits per heavy atom. The molecule has 0 fully saturated rings. The van der Waals surface area contributed by atoms with Gasteiger partial charge in [0.1, 0.15) is 0 Å². The van der Waals surface area contributed by atoms with Gasteiger partial charge in [-0.3, -0.25) is 4.79 Å². The maximum atomic E-state index is 11.0. The number of aromatic nitrogens is 2. The number of nitrogens with zero attached hydrogens (tertiary/aromatic N) is 2. The van der Waals surface area contributed by atoms with Gasteiger partial charge in [-0.25, -0.2) is 4.98 Å². The molecule has 5 heteroatoms. The van der Waals surface area contributed by atoms with E-state index in [-0.39, 0.29) is 5.91 Å². The van der Waals surface area contributed by atoms with Gasteiger partial charge in [0, 0.05) is 37.3 Å². The summed E-state index contributed by atoms with van der Waals surface area (Å²) in [6, 6.07) is 3.99. The van der Waals surface area contributed by atoms with Gasteiger partial charge in [-0.1, -0.05) is 0 Å². The second kappa shape index (κ2) is 5.15. The smallest absolute Gasteiger partial charge is 0.216 e. The van der Waals surface area contributed by atoms with Gasteiger partial charge in [-0.15, -0.1) is 0 Å². The van der Waals surface area contributed by atoms with Crippen LogP contribution in [0.3, 0.4) is 0 Å². The first-order valence-electron chi connectivity index (χ1n) is 7.00. The lowest BCUT2D eigenvalue weighted by Crippen LogP contribution is -2.22. The molecule has 0 aliphatic carbocycles. The monoisotopic (exact) mass is 273 g/mol. The van der Waals surface area contributed by atoms with E-state index in [2.05, 4.69) is 20.9 Å². The molecule has 5 nitrogen and oxygen atoms in total. The minimum Gasteiger partial charge on any atom is -0.481 e. The second-order valence-corrected chi connectivity index (χ2v) is 5.13. The third-order valence-corrected chi connectivity index (χ3v) is 3.85.